The predicted molar refractivity (Wildman–Crippen MR) is 82.0 cm³/mol. The van der Waals surface area contributed by atoms with Crippen LogP contribution in [0.1, 0.15) is 17.3 Å². The molecule has 0 radical (unpaired) electrons. The summed E-state index contributed by atoms with van der Waals surface area (Å²) in [6.07, 6.45) is 3.08. The molecule has 0 aliphatic rings. The molecule has 0 spiro atoms. The highest BCUT2D eigenvalue weighted by atomic mass is 16.5. The Bertz CT molecular complexity index is 828. The molecule has 0 aliphatic carbocycles. The fraction of sp³-hybridized carbons (Fsp3) is 0.200. The summed E-state index contributed by atoms with van der Waals surface area (Å²) in [5.74, 6) is 0.628. The van der Waals surface area contributed by atoms with Gasteiger partial charge in [-0.2, -0.15) is 5.10 Å². The monoisotopic (exact) mass is 297 g/mol. The Balaban J connectivity index is 1.94. The van der Waals surface area contributed by atoms with Crippen molar-refractivity contribution in [2.24, 2.45) is 7.05 Å². The Morgan fingerprint density at radius 3 is 2.82 bits per heavy atom. The normalized spacial score (nSPS) is 10.6. The molecule has 2 heterocycles. The summed E-state index contributed by atoms with van der Waals surface area (Å²) in [6.45, 7) is 2.07. The van der Waals surface area contributed by atoms with E-state index in [0.29, 0.717) is 23.8 Å². The molecule has 7 heteroatoms. The van der Waals surface area contributed by atoms with E-state index in [9.17, 15) is 4.79 Å². The van der Waals surface area contributed by atoms with Gasteiger partial charge in [-0.3, -0.25) is 9.67 Å². The second kappa shape index (κ2) is 5.80. The lowest BCUT2D eigenvalue weighted by Crippen LogP contribution is -2.09. The first-order valence-electron chi connectivity index (χ1n) is 6.87. The van der Waals surface area contributed by atoms with Crippen molar-refractivity contribution in [3.05, 3.63) is 42.2 Å². The van der Waals surface area contributed by atoms with E-state index in [1.54, 1.807) is 24.9 Å². The lowest BCUT2D eigenvalue weighted by atomic mass is 10.3. The number of carbonyl (C=O) groups excluding carboxylic acids is 1. The molecule has 1 N–H and O–H groups in total. The fourth-order valence-electron chi connectivity index (χ4n) is 2.08. The summed E-state index contributed by atoms with van der Waals surface area (Å²) >= 11 is 0. The summed E-state index contributed by atoms with van der Waals surface area (Å²) in [4.78, 5) is 20.7. The van der Waals surface area contributed by atoms with Crippen molar-refractivity contribution >= 4 is 28.6 Å². The van der Waals surface area contributed by atoms with Gasteiger partial charge in [0.25, 0.3) is 0 Å². The molecule has 0 bridgehead atoms. The standard InChI is InChI=1S/C15H15N5O2/c1-3-22-15(21)10-8-17-20(2)14(10)19-13-9-16-11-6-4-5-7-12(11)18-13/h4-9H,3H2,1-2H3,(H,18,19). The number of nitrogens with zero attached hydrogens (tertiary/aromatic N) is 4. The molecule has 0 amide bonds. The Morgan fingerprint density at radius 2 is 2.05 bits per heavy atom. The summed E-state index contributed by atoms with van der Waals surface area (Å²) in [5, 5.41) is 7.16. The molecule has 112 valence electrons. The average molecular weight is 297 g/mol. The van der Waals surface area contributed by atoms with Crippen molar-refractivity contribution in [2.75, 3.05) is 11.9 Å². The van der Waals surface area contributed by atoms with Crippen LogP contribution in [-0.4, -0.2) is 32.3 Å². The van der Waals surface area contributed by atoms with Crippen molar-refractivity contribution in [1.29, 1.82) is 0 Å². The SMILES string of the molecule is CCOC(=O)c1cnn(C)c1Nc1cnc2ccccc2n1. The minimum Gasteiger partial charge on any atom is -0.462 e. The molecule has 0 saturated heterocycles. The third kappa shape index (κ3) is 2.60. The maximum Gasteiger partial charge on any atom is 0.343 e. The summed E-state index contributed by atoms with van der Waals surface area (Å²) in [5.41, 5.74) is 1.94. The summed E-state index contributed by atoms with van der Waals surface area (Å²) in [6, 6.07) is 7.57. The highest BCUT2D eigenvalue weighted by Gasteiger charge is 2.17. The number of hydrogen-bond donors (Lipinski definition) is 1. The lowest BCUT2D eigenvalue weighted by molar-refractivity contribution is 0.0527. The van der Waals surface area contributed by atoms with E-state index in [0.717, 1.165) is 11.0 Å². The first-order chi connectivity index (χ1) is 10.7. The Morgan fingerprint density at radius 1 is 1.27 bits per heavy atom. The van der Waals surface area contributed by atoms with Crippen LogP contribution >= 0.6 is 0 Å². The molecule has 22 heavy (non-hydrogen) atoms. The largest absolute Gasteiger partial charge is 0.462 e. The zero-order valence-electron chi connectivity index (χ0n) is 12.3. The van der Waals surface area contributed by atoms with Crippen LogP contribution in [0.15, 0.2) is 36.7 Å². The van der Waals surface area contributed by atoms with Crippen molar-refractivity contribution in [2.45, 2.75) is 6.92 Å². The quantitative estimate of drug-likeness (QED) is 0.744. The molecule has 7 nitrogen and oxygen atoms in total. The first kappa shape index (κ1) is 14.0. The molecule has 0 atom stereocenters. The van der Waals surface area contributed by atoms with Gasteiger partial charge in [0, 0.05) is 7.05 Å². The molecular weight excluding hydrogens is 282 g/mol. The maximum absolute atomic E-state index is 11.9. The number of rotatable bonds is 4. The second-order valence-corrected chi connectivity index (χ2v) is 4.62. The third-order valence-electron chi connectivity index (χ3n) is 3.13. The van der Waals surface area contributed by atoms with Gasteiger partial charge in [-0.1, -0.05) is 12.1 Å². The smallest absolute Gasteiger partial charge is 0.343 e. The minimum absolute atomic E-state index is 0.308. The maximum atomic E-state index is 11.9. The van der Waals surface area contributed by atoms with E-state index in [1.165, 1.54) is 6.20 Å². The van der Waals surface area contributed by atoms with E-state index < -0.39 is 5.97 Å². The van der Waals surface area contributed by atoms with E-state index in [4.69, 9.17) is 4.74 Å². The van der Waals surface area contributed by atoms with Crippen molar-refractivity contribution in [1.82, 2.24) is 19.7 Å². The topological polar surface area (TPSA) is 81.9 Å². The molecule has 2 aromatic heterocycles. The van der Waals surface area contributed by atoms with Crippen molar-refractivity contribution in [3.63, 3.8) is 0 Å². The molecule has 3 aromatic rings. The van der Waals surface area contributed by atoms with Crippen LogP contribution in [0.5, 0.6) is 0 Å². The number of nitrogens with one attached hydrogen (secondary N) is 1. The van der Waals surface area contributed by atoms with Crippen LogP contribution in [0.3, 0.4) is 0 Å². The van der Waals surface area contributed by atoms with Gasteiger partial charge in [0.1, 0.15) is 11.4 Å². The lowest BCUT2D eigenvalue weighted by Gasteiger charge is -2.08. The van der Waals surface area contributed by atoms with Crippen molar-refractivity contribution in [3.8, 4) is 0 Å². The number of ether oxygens (including phenoxy) is 1. The Labute approximate surface area is 127 Å². The number of para-hydroxylation sites is 2. The Hall–Kier alpha value is -2.96. The van der Waals surface area contributed by atoms with Gasteiger partial charge in [0.05, 0.1) is 30.0 Å². The van der Waals surface area contributed by atoms with Gasteiger partial charge in [-0.25, -0.2) is 9.78 Å². The molecule has 0 saturated carbocycles. The van der Waals surface area contributed by atoms with Gasteiger partial charge in [0.2, 0.25) is 0 Å². The fourth-order valence-corrected chi connectivity index (χ4v) is 2.08. The summed E-state index contributed by atoms with van der Waals surface area (Å²) in [7, 11) is 1.74. The van der Waals surface area contributed by atoms with Gasteiger partial charge in [0.15, 0.2) is 5.82 Å². The third-order valence-corrected chi connectivity index (χ3v) is 3.13. The molecular formula is C15H15N5O2. The number of hydrogen-bond acceptors (Lipinski definition) is 6. The van der Waals surface area contributed by atoms with E-state index in [-0.39, 0.29) is 0 Å². The number of aromatic nitrogens is 4. The van der Waals surface area contributed by atoms with Gasteiger partial charge in [-0.15, -0.1) is 0 Å². The number of aryl methyl sites for hydroxylation is 1. The zero-order valence-corrected chi connectivity index (χ0v) is 12.3. The highest BCUT2D eigenvalue weighted by Crippen LogP contribution is 2.20. The van der Waals surface area contributed by atoms with Gasteiger partial charge in [-0.05, 0) is 19.1 Å². The second-order valence-electron chi connectivity index (χ2n) is 4.62. The molecule has 0 aliphatic heterocycles. The molecule has 0 unspecified atom stereocenters. The van der Waals surface area contributed by atoms with E-state index in [2.05, 4.69) is 20.4 Å². The highest BCUT2D eigenvalue weighted by molar-refractivity contribution is 5.95. The van der Waals surface area contributed by atoms with E-state index >= 15 is 0 Å². The number of fused-ring (bicyclic) bond motifs is 1. The van der Waals surface area contributed by atoms with Crippen LogP contribution < -0.4 is 5.32 Å². The van der Waals surface area contributed by atoms with Crippen molar-refractivity contribution < 1.29 is 9.53 Å². The molecule has 0 fully saturated rings. The van der Waals surface area contributed by atoms with Crippen LogP contribution in [0.2, 0.25) is 0 Å². The first-order valence-corrected chi connectivity index (χ1v) is 6.87. The molecule has 1 aromatic carbocycles. The van der Waals surface area contributed by atoms with Gasteiger partial charge < -0.3 is 10.1 Å². The van der Waals surface area contributed by atoms with Gasteiger partial charge >= 0.3 is 5.97 Å². The van der Waals surface area contributed by atoms with Crippen LogP contribution in [0, 0.1) is 0 Å². The number of carbonyl (C=O) groups is 1. The number of esters is 1. The predicted octanol–water partition coefficient (Wildman–Crippen LogP) is 2.28. The zero-order chi connectivity index (χ0) is 15.5. The summed E-state index contributed by atoms with van der Waals surface area (Å²) < 4.78 is 6.58. The van der Waals surface area contributed by atoms with Crippen LogP contribution in [-0.2, 0) is 11.8 Å². The van der Waals surface area contributed by atoms with E-state index in [1.807, 2.05) is 24.3 Å². The average Bonchev–Trinajstić information content (AvgIpc) is 2.89. The van der Waals surface area contributed by atoms with Crippen LogP contribution in [0.25, 0.3) is 11.0 Å². The minimum atomic E-state index is -0.424. The Kier molecular flexibility index (Phi) is 3.69. The molecule has 3 rings (SSSR count). The number of anilines is 2. The van der Waals surface area contributed by atoms with Crippen LogP contribution in [0.4, 0.5) is 11.6 Å². The number of benzene rings is 1.